The summed E-state index contributed by atoms with van der Waals surface area (Å²) in [4.78, 5) is 22.7. The maximum absolute atomic E-state index is 15.1. The van der Waals surface area contributed by atoms with Crippen molar-refractivity contribution in [1.29, 1.82) is 5.26 Å². The van der Waals surface area contributed by atoms with E-state index >= 15 is 4.39 Å². The van der Waals surface area contributed by atoms with Crippen LogP contribution >= 0.6 is 0 Å². The zero-order valence-electron chi connectivity index (χ0n) is 15.5. The van der Waals surface area contributed by atoms with Gasteiger partial charge in [0.1, 0.15) is 17.3 Å². The van der Waals surface area contributed by atoms with Crippen LogP contribution in [0.4, 0.5) is 10.2 Å². The number of anilines is 1. The fourth-order valence-electron chi connectivity index (χ4n) is 3.21. The Morgan fingerprint density at radius 2 is 1.93 bits per heavy atom. The molecule has 140 valence electrons. The molecule has 2 heterocycles. The van der Waals surface area contributed by atoms with Crippen molar-refractivity contribution in [2.75, 3.05) is 25.0 Å². The molecular formula is C20H22FN5O. The smallest absolute Gasteiger partial charge is 0.253 e. The molecular weight excluding hydrogens is 345 g/mol. The number of carbonyl (C=O) groups is 1. The third-order valence-corrected chi connectivity index (χ3v) is 4.76. The minimum absolute atomic E-state index is 0.128. The summed E-state index contributed by atoms with van der Waals surface area (Å²) < 4.78 is 15.1. The summed E-state index contributed by atoms with van der Waals surface area (Å²) in [7, 11) is 0. The molecule has 3 rings (SSSR count). The molecule has 7 heteroatoms. The van der Waals surface area contributed by atoms with Crippen molar-refractivity contribution in [3.05, 3.63) is 53.0 Å². The molecule has 2 aromatic rings. The minimum Gasteiger partial charge on any atom is -0.367 e. The van der Waals surface area contributed by atoms with Crippen LogP contribution in [-0.2, 0) is 0 Å². The second-order valence-corrected chi connectivity index (χ2v) is 6.93. The average molecular weight is 367 g/mol. The Morgan fingerprint density at radius 1 is 1.26 bits per heavy atom. The first kappa shape index (κ1) is 18.8. The quantitative estimate of drug-likeness (QED) is 0.898. The summed E-state index contributed by atoms with van der Waals surface area (Å²) in [5.41, 5.74) is 0.481. The Balaban J connectivity index is 1.56. The van der Waals surface area contributed by atoms with Gasteiger partial charge in [-0.05, 0) is 38.1 Å². The lowest BCUT2D eigenvalue weighted by molar-refractivity contribution is 0.0483. The van der Waals surface area contributed by atoms with Crippen LogP contribution in [0.2, 0.25) is 0 Å². The molecule has 1 aromatic carbocycles. The van der Waals surface area contributed by atoms with Crippen LogP contribution in [0.15, 0.2) is 30.3 Å². The molecule has 1 fully saturated rings. The zero-order chi connectivity index (χ0) is 19.4. The molecule has 0 unspecified atom stereocenters. The molecule has 0 aliphatic carbocycles. The molecule has 6 nitrogen and oxygen atoms in total. The van der Waals surface area contributed by atoms with Crippen molar-refractivity contribution in [2.24, 2.45) is 0 Å². The Bertz CT molecular complexity index is 847. The van der Waals surface area contributed by atoms with Crippen molar-refractivity contribution < 1.29 is 9.18 Å². The van der Waals surface area contributed by atoms with Crippen molar-refractivity contribution in [3.8, 4) is 6.07 Å². The van der Waals surface area contributed by atoms with E-state index in [1.54, 1.807) is 42.2 Å². The highest BCUT2D eigenvalue weighted by Gasteiger charge is 2.36. The van der Waals surface area contributed by atoms with Crippen molar-refractivity contribution >= 4 is 11.7 Å². The third-order valence-electron chi connectivity index (χ3n) is 4.76. The Kier molecular flexibility index (Phi) is 5.36. The number of benzene rings is 1. The van der Waals surface area contributed by atoms with Crippen LogP contribution in [0.3, 0.4) is 0 Å². The zero-order valence-corrected chi connectivity index (χ0v) is 15.5. The fourth-order valence-corrected chi connectivity index (χ4v) is 3.21. The number of alkyl halides is 1. The van der Waals surface area contributed by atoms with Crippen LogP contribution in [0, 0.1) is 25.2 Å². The number of piperidine rings is 1. The third kappa shape index (κ3) is 4.59. The van der Waals surface area contributed by atoms with Gasteiger partial charge in [-0.15, -0.1) is 0 Å². The largest absolute Gasteiger partial charge is 0.367 e. The molecule has 0 atom stereocenters. The number of rotatable bonds is 4. The Morgan fingerprint density at radius 3 is 2.52 bits per heavy atom. The van der Waals surface area contributed by atoms with E-state index in [1.165, 1.54) is 0 Å². The summed E-state index contributed by atoms with van der Waals surface area (Å²) in [5, 5.41) is 11.9. The number of halogens is 1. The average Bonchev–Trinajstić information content (AvgIpc) is 2.66. The Labute approximate surface area is 158 Å². The molecule has 0 bridgehead atoms. The summed E-state index contributed by atoms with van der Waals surface area (Å²) in [6.45, 7) is 4.55. The molecule has 0 radical (unpaired) electrons. The SMILES string of the molecule is Cc1cc(NCC2(F)CCN(C(=O)c3ccc(C#N)cc3)CC2)nc(C)n1. The van der Waals surface area contributed by atoms with E-state index in [-0.39, 0.29) is 25.3 Å². The number of nitrogens with zero attached hydrogens (tertiary/aromatic N) is 4. The van der Waals surface area contributed by atoms with E-state index in [1.807, 2.05) is 13.0 Å². The van der Waals surface area contributed by atoms with Gasteiger partial charge in [0.2, 0.25) is 0 Å². The van der Waals surface area contributed by atoms with Crippen LogP contribution < -0.4 is 5.32 Å². The monoisotopic (exact) mass is 367 g/mol. The highest BCUT2D eigenvalue weighted by Crippen LogP contribution is 2.28. The number of aryl methyl sites for hydroxylation is 2. The van der Waals surface area contributed by atoms with Gasteiger partial charge in [-0.25, -0.2) is 14.4 Å². The van der Waals surface area contributed by atoms with Gasteiger partial charge in [0.05, 0.1) is 18.2 Å². The first-order valence-electron chi connectivity index (χ1n) is 8.93. The molecule has 0 saturated carbocycles. The topological polar surface area (TPSA) is 81.9 Å². The predicted molar refractivity (Wildman–Crippen MR) is 100 cm³/mol. The van der Waals surface area contributed by atoms with Crippen LogP contribution in [0.5, 0.6) is 0 Å². The van der Waals surface area contributed by atoms with Crippen molar-refractivity contribution in [3.63, 3.8) is 0 Å². The van der Waals surface area contributed by atoms with Gasteiger partial charge in [0, 0.05) is 43.3 Å². The van der Waals surface area contributed by atoms with Crippen LogP contribution in [0.1, 0.15) is 40.3 Å². The van der Waals surface area contributed by atoms with E-state index in [0.29, 0.717) is 35.9 Å². The van der Waals surface area contributed by atoms with E-state index in [9.17, 15) is 4.79 Å². The summed E-state index contributed by atoms with van der Waals surface area (Å²) in [6, 6.07) is 10.3. The number of hydrogen-bond acceptors (Lipinski definition) is 5. The van der Waals surface area contributed by atoms with Gasteiger partial charge in [-0.2, -0.15) is 5.26 Å². The first-order valence-corrected chi connectivity index (χ1v) is 8.93. The maximum Gasteiger partial charge on any atom is 0.253 e. The lowest BCUT2D eigenvalue weighted by Crippen LogP contribution is -2.47. The summed E-state index contributed by atoms with van der Waals surface area (Å²) in [5.74, 6) is 1.14. The van der Waals surface area contributed by atoms with Gasteiger partial charge in [0.25, 0.3) is 5.91 Å². The first-order chi connectivity index (χ1) is 12.9. The van der Waals surface area contributed by atoms with E-state index in [0.717, 1.165) is 5.69 Å². The lowest BCUT2D eigenvalue weighted by Gasteiger charge is -2.36. The number of carbonyl (C=O) groups excluding carboxylic acids is 1. The van der Waals surface area contributed by atoms with Gasteiger partial charge in [-0.3, -0.25) is 4.79 Å². The fraction of sp³-hybridized carbons (Fsp3) is 0.400. The van der Waals surface area contributed by atoms with Crippen molar-refractivity contribution in [2.45, 2.75) is 32.4 Å². The normalized spacial score (nSPS) is 15.9. The second kappa shape index (κ2) is 7.70. The predicted octanol–water partition coefficient (Wildman–Crippen LogP) is 3.02. The van der Waals surface area contributed by atoms with Gasteiger partial charge in [-0.1, -0.05) is 0 Å². The minimum atomic E-state index is -1.38. The van der Waals surface area contributed by atoms with Crippen LogP contribution in [0.25, 0.3) is 0 Å². The molecule has 1 aliphatic heterocycles. The van der Waals surface area contributed by atoms with E-state index in [4.69, 9.17) is 5.26 Å². The van der Waals surface area contributed by atoms with Crippen molar-refractivity contribution in [1.82, 2.24) is 14.9 Å². The summed E-state index contributed by atoms with van der Waals surface area (Å²) >= 11 is 0. The molecule has 1 aliphatic rings. The van der Waals surface area contributed by atoms with Crippen LogP contribution in [-0.4, -0.2) is 46.1 Å². The number of amides is 1. The molecule has 1 saturated heterocycles. The van der Waals surface area contributed by atoms with Gasteiger partial charge in [0.15, 0.2) is 0 Å². The number of nitriles is 1. The number of aromatic nitrogens is 2. The van der Waals surface area contributed by atoms with Gasteiger partial charge >= 0.3 is 0 Å². The molecule has 1 amide bonds. The standard InChI is InChI=1S/C20H22FN5O/c1-14-11-18(25-15(2)24-14)23-13-20(21)7-9-26(10-8-20)19(27)17-5-3-16(12-22)4-6-17/h3-6,11H,7-10,13H2,1-2H3,(H,23,24,25). The molecule has 27 heavy (non-hydrogen) atoms. The number of hydrogen-bond donors (Lipinski definition) is 1. The maximum atomic E-state index is 15.1. The molecule has 1 N–H and O–H groups in total. The number of nitrogens with one attached hydrogen (secondary N) is 1. The molecule has 1 aromatic heterocycles. The lowest BCUT2D eigenvalue weighted by atomic mass is 9.92. The van der Waals surface area contributed by atoms with Gasteiger partial charge < -0.3 is 10.2 Å². The highest BCUT2D eigenvalue weighted by atomic mass is 19.1. The Hall–Kier alpha value is -3.01. The molecule has 0 spiro atoms. The highest BCUT2D eigenvalue weighted by molar-refractivity contribution is 5.94. The summed E-state index contributed by atoms with van der Waals surface area (Å²) in [6.07, 6.45) is 0.538. The number of likely N-dealkylation sites (tertiary alicyclic amines) is 1. The van der Waals surface area contributed by atoms with E-state index < -0.39 is 5.67 Å². The second-order valence-electron chi connectivity index (χ2n) is 6.93. The van der Waals surface area contributed by atoms with E-state index in [2.05, 4.69) is 15.3 Å².